The molecule has 5 heteroatoms. The Bertz CT molecular complexity index is 844. The van der Waals surface area contributed by atoms with Crippen LogP contribution >= 0.6 is 11.6 Å². The average molecular weight is 403 g/mol. The van der Waals surface area contributed by atoms with Crippen LogP contribution in [0.15, 0.2) is 36.4 Å². The van der Waals surface area contributed by atoms with Crippen LogP contribution in [0.4, 0.5) is 0 Å². The predicted octanol–water partition coefficient (Wildman–Crippen LogP) is 6.01. The van der Waals surface area contributed by atoms with E-state index in [4.69, 9.17) is 21.1 Å². The normalized spacial score (nSPS) is 11.8. The van der Waals surface area contributed by atoms with E-state index in [1.165, 1.54) is 0 Å². The van der Waals surface area contributed by atoms with Gasteiger partial charge in [0.25, 0.3) is 0 Å². The van der Waals surface area contributed by atoms with Gasteiger partial charge in [-0.1, -0.05) is 55.1 Å². The van der Waals surface area contributed by atoms with Crippen LogP contribution in [-0.4, -0.2) is 18.5 Å². The molecule has 1 atom stereocenters. The summed E-state index contributed by atoms with van der Waals surface area (Å²) >= 11 is 5.99. The first-order chi connectivity index (χ1) is 13.4. The number of rotatable bonds is 8. The fraction of sp³-hybridized carbons (Fsp3) is 0.391. The summed E-state index contributed by atoms with van der Waals surface area (Å²) in [6.07, 6.45) is 2.47. The molecule has 1 unspecified atom stereocenters. The van der Waals surface area contributed by atoms with Crippen LogP contribution in [0.2, 0.25) is 5.02 Å². The number of carbonyl (C=O) groups is 2. The van der Waals surface area contributed by atoms with Crippen LogP contribution < -0.4 is 4.74 Å². The summed E-state index contributed by atoms with van der Waals surface area (Å²) < 4.78 is 11.1. The van der Waals surface area contributed by atoms with E-state index in [2.05, 4.69) is 6.92 Å². The Balaban J connectivity index is 2.45. The summed E-state index contributed by atoms with van der Waals surface area (Å²) in [6, 6.07) is 10.5. The molecule has 0 spiro atoms. The van der Waals surface area contributed by atoms with Crippen LogP contribution in [0.1, 0.15) is 66.1 Å². The van der Waals surface area contributed by atoms with Crippen LogP contribution in [0, 0.1) is 13.8 Å². The van der Waals surface area contributed by atoms with Crippen molar-refractivity contribution in [2.24, 2.45) is 0 Å². The monoisotopic (exact) mass is 402 g/mol. The number of hydrogen-bond acceptors (Lipinski definition) is 4. The zero-order chi connectivity index (χ0) is 20.7. The highest BCUT2D eigenvalue weighted by molar-refractivity contribution is 6.30. The quantitative estimate of drug-likeness (QED) is 0.400. The molecule has 28 heavy (non-hydrogen) atoms. The van der Waals surface area contributed by atoms with Crippen molar-refractivity contribution >= 4 is 23.5 Å². The molecule has 0 aromatic heterocycles. The van der Waals surface area contributed by atoms with E-state index in [9.17, 15) is 9.59 Å². The highest BCUT2D eigenvalue weighted by atomic mass is 35.5. The zero-order valence-corrected chi connectivity index (χ0v) is 17.6. The topological polar surface area (TPSA) is 52.6 Å². The fourth-order valence-electron chi connectivity index (χ4n) is 3.20. The van der Waals surface area contributed by atoms with Crippen molar-refractivity contribution in [3.63, 3.8) is 0 Å². The second-order valence-corrected chi connectivity index (χ2v) is 7.28. The number of carbonyl (C=O) groups excluding carboxylic acids is 2. The summed E-state index contributed by atoms with van der Waals surface area (Å²) in [5, 5.41) is 0.461. The molecular weight excluding hydrogens is 376 g/mol. The molecule has 2 aromatic rings. The van der Waals surface area contributed by atoms with Crippen molar-refractivity contribution in [3.8, 4) is 5.75 Å². The molecule has 0 aliphatic heterocycles. The molecule has 0 saturated carbocycles. The highest BCUT2D eigenvalue weighted by Gasteiger charge is 2.27. The number of aryl methyl sites for hydroxylation is 2. The lowest BCUT2D eigenvalue weighted by atomic mass is 9.90. The first-order valence-corrected chi connectivity index (χ1v) is 10.0. The smallest absolute Gasteiger partial charge is 0.343 e. The zero-order valence-electron chi connectivity index (χ0n) is 16.9. The van der Waals surface area contributed by atoms with Crippen molar-refractivity contribution in [2.45, 2.75) is 52.9 Å². The lowest BCUT2D eigenvalue weighted by Crippen LogP contribution is -2.19. The molecule has 150 valence electrons. The maximum atomic E-state index is 12.7. The molecule has 0 heterocycles. The Morgan fingerprint density at radius 2 is 1.86 bits per heavy atom. The van der Waals surface area contributed by atoms with Gasteiger partial charge in [0.1, 0.15) is 5.75 Å². The molecule has 0 saturated heterocycles. The van der Waals surface area contributed by atoms with E-state index in [0.717, 1.165) is 24.0 Å². The molecule has 0 radical (unpaired) electrons. The lowest BCUT2D eigenvalue weighted by molar-refractivity contribution is -0.145. The van der Waals surface area contributed by atoms with E-state index >= 15 is 0 Å². The van der Waals surface area contributed by atoms with E-state index in [1.54, 1.807) is 31.2 Å². The SMILES string of the molecule is CCCCC(C(=O)OCC)c1cc(C)cc(C)c1OC(=O)c1cccc(Cl)c1. The molecule has 4 nitrogen and oxygen atoms in total. The molecule has 0 amide bonds. The first kappa shape index (κ1) is 22.0. The number of hydrogen-bond donors (Lipinski definition) is 0. The number of ether oxygens (including phenoxy) is 2. The average Bonchev–Trinajstić information content (AvgIpc) is 2.64. The Hall–Kier alpha value is -2.33. The molecule has 0 fully saturated rings. The Morgan fingerprint density at radius 3 is 2.50 bits per heavy atom. The van der Waals surface area contributed by atoms with Crippen molar-refractivity contribution in [1.29, 1.82) is 0 Å². The second-order valence-electron chi connectivity index (χ2n) is 6.85. The van der Waals surface area contributed by atoms with E-state index in [0.29, 0.717) is 34.9 Å². The van der Waals surface area contributed by atoms with Crippen LogP contribution in [0.25, 0.3) is 0 Å². The largest absolute Gasteiger partial charge is 0.466 e. The number of halogens is 1. The molecule has 0 N–H and O–H groups in total. The first-order valence-electron chi connectivity index (χ1n) is 9.62. The Labute approximate surface area is 171 Å². The standard InChI is InChI=1S/C23H27ClO4/c1-5-7-11-19(23(26)27-6-2)20-13-15(3)12-16(4)21(20)28-22(25)17-9-8-10-18(24)14-17/h8-10,12-14,19H,5-7,11H2,1-4H3. The molecular formula is C23H27ClO4. The van der Waals surface area contributed by atoms with Gasteiger partial charge in [-0.2, -0.15) is 0 Å². The summed E-state index contributed by atoms with van der Waals surface area (Å²) in [4.78, 5) is 25.3. The Morgan fingerprint density at radius 1 is 1.11 bits per heavy atom. The fourth-order valence-corrected chi connectivity index (χ4v) is 3.39. The molecule has 0 aliphatic carbocycles. The van der Waals surface area contributed by atoms with Crippen molar-refractivity contribution in [1.82, 2.24) is 0 Å². The van der Waals surface area contributed by atoms with Gasteiger partial charge in [-0.05, 0) is 51.0 Å². The molecule has 2 aromatic carbocycles. The van der Waals surface area contributed by atoms with E-state index in [1.807, 2.05) is 26.0 Å². The molecule has 2 rings (SSSR count). The molecule has 0 bridgehead atoms. The van der Waals surface area contributed by atoms with Gasteiger partial charge in [-0.25, -0.2) is 4.79 Å². The minimum absolute atomic E-state index is 0.291. The Kier molecular flexibility index (Phi) is 8.06. The van der Waals surface area contributed by atoms with Crippen molar-refractivity contribution in [3.05, 3.63) is 63.7 Å². The number of unbranched alkanes of at least 4 members (excludes halogenated alkanes) is 1. The van der Waals surface area contributed by atoms with Crippen molar-refractivity contribution in [2.75, 3.05) is 6.61 Å². The van der Waals surface area contributed by atoms with Gasteiger partial charge >= 0.3 is 11.9 Å². The van der Waals surface area contributed by atoms with Crippen LogP contribution in [0.3, 0.4) is 0 Å². The number of benzene rings is 2. The summed E-state index contributed by atoms with van der Waals surface area (Å²) in [6.45, 7) is 8.00. The van der Waals surface area contributed by atoms with Gasteiger partial charge in [0, 0.05) is 10.6 Å². The minimum atomic E-state index is -0.506. The van der Waals surface area contributed by atoms with Crippen LogP contribution in [0.5, 0.6) is 5.75 Å². The highest BCUT2D eigenvalue weighted by Crippen LogP contribution is 2.36. The van der Waals surface area contributed by atoms with Gasteiger partial charge in [-0.3, -0.25) is 4.79 Å². The number of esters is 2. The summed E-state index contributed by atoms with van der Waals surface area (Å²) in [7, 11) is 0. The predicted molar refractivity (Wildman–Crippen MR) is 111 cm³/mol. The van der Waals surface area contributed by atoms with Gasteiger partial charge in [0.05, 0.1) is 18.1 Å². The maximum Gasteiger partial charge on any atom is 0.343 e. The second kappa shape index (κ2) is 10.3. The van der Waals surface area contributed by atoms with Gasteiger partial charge in [0.2, 0.25) is 0 Å². The van der Waals surface area contributed by atoms with Gasteiger partial charge in [0.15, 0.2) is 0 Å². The van der Waals surface area contributed by atoms with Gasteiger partial charge in [-0.15, -0.1) is 0 Å². The minimum Gasteiger partial charge on any atom is -0.466 e. The summed E-state index contributed by atoms with van der Waals surface area (Å²) in [5.74, 6) is -0.847. The van der Waals surface area contributed by atoms with Crippen LogP contribution in [-0.2, 0) is 9.53 Å². The third-order valence-electron chi connectivity index (χ3n) is 4.50. The maximum absolute atomic E-state index is 12.7. The lowest BCUT2D eigenvalue weighted by Gasteiger charge is -2.21. The third kappa shape index (κ3) is 5.59. The van der Waals surface area contributed by atoms with E-state index in [-0.39, 0.29) is 5.97 Å². The summed E-state index contributed by atoms with van der Waals surface area (Å²) in [5.41, 5.74) is 2.86. The molecule has 0 aliphatic rings. The van der Waals surface area contributed by atoms with Gasteiger partial charge < -0.3 is 9.47 Å². The van der Waals surface area contributed by atoms with Crippen molar-refractivity contribution < 1.29 is 19.1 Å². The third-order valence-corrected chi connectivity index (χ3v) is 4.73. The van der Waals surface area contributed by atoms with E-state index < -0.39 is 11.9 Å².